The number of benzene rings is 1. The van der Waals surface area contributed by atoms with Gasteiger partial charge in [-0.2, -0.15) is 0 Å². The van der Waals surface area contributed by atoms with Gasteiger partial charge in [0.05, 0.1) is 18.7 Å². The van der Waals surface area contributed by atoms with Crippen molar-refractivity contribution in [3.8, 4) is 17.0 Å². The molecule has 2 fully saturated rings. The van der Waals surface area contributed by atoms with Crippen LogP contribution in [0, 0.1) is 5.92 Å². The van der Waals surface area contributed by atoms with Crippen molar-refractivity contribution in [2.75, 3.05) is 25.1 Å². The SMILES string of the molecule is COc1ccccc1-c1ccc(N2CCCC(C(=O)NC3CCCCCC3)C2)nn1. The quantitative estimate of drug-likeness (QED) is 0.751. The molecule has 2 aliphatic rings. The van der Waals surface area contributed by atoms with Crippen molar-refractivity contribution in [3.05, 3.63) is 36.4 Å². The Bertz CT molecular complexity index is 831. The number of nitrogens with one attached hydrogen (secondary N) is 1. The van der Waals surface area contributed by atoms with Gasteiger partial charge in [-0.15, -0.1) is 10.2 Å². The summed E-state index contributed by atoms with van der Waals surface area (Å²) in [4.78, 5) is 15.1. The molecule has 6 heteroatoms. The van der Waals surface area contributed by atoms with E-state index < -0.39 is 0 Å². The van der Waals surface area contributed by atoms with E-state index in [1.54, 1.807) is 7.11 Å². The molecule has 1 saturated heterocycles. The van der Waals surface area contributed by atoms with Gasteiger partial charge in [-0.25, -0.2) is 0 Å². The predicted octanol–water partition coefficient (Wildman–Crippen LogP) is 4.21. The fourth-order valence-corrected chi connectivity index (χ4v) is 4.64. The molecule has 1 N–H and O–H groups in total. The Morgan fingerprint density at radius 1 is 1.00 bits per heavy atom. The minimum absolute atomic E-state index is 0.0256. The average molecular weight is 409 g/mol. The third-order valence-corrected chi connectivity index (χ3v) is 6.35. The maximum absolute atomic E-state index is 12.9. The molecule has 160 valence electrons. The first-order valence-electron chi connectivity index (χ1n) is 11.3. The molecule has 0 radical (unpaired) electrons. The van der Waals surface area contributed by atoms with Gasteiger partial charge in [0.25, 0.3) is 0 Å². The summed E-state index contributed by atoms with van der Waals surface area (Å²) in [6, 6.07) is 12.2. The Kier molecular flexibility index (Phi) is 6.82. The standard InChI is InChI=1S/C24H32N4O2/c1-30-22-13-7-6-12-20(22)21-14-15-23(27-26-21)28-16-8-9-18(17-28)24(29)25-19-10-4-2-3-5-11-19/h6-7,12-15,18-19H,2-5,8-11,16-17H2,1H3,(H,25,29). The fraction of sp³-hybridized carbons (Fsp3) is 0.542. The molecule has 1 aromatic carbocycles. The number of anilines is 1. The van der Waals surface area contributed by atoms with E-state index in [-0.39, 0.29) is 11.8 Å². The summed E-state index contributed by atoms with van der Waals surface area (Å²) < 4.78 is 5.43. The molecule has 30 heavy (non-hydrogen) atoms. The lowest BCUT2D eigenvalue weighted by atomic mass is 9.96. The maximum atomic E-state index is 12.9. The van der Waals surface area contributed by atoms with Crippen LogP contribution in [0.4, 0.5) is 5.82 Å². The summed E-state index contributed by atoms with van der Waals surface area (Å²) in [5.41, 5.74) is 1.72. The number of aromatic nitrogens is 2. The van der Waals surface area contributed by atoms with Crippen molar-refractivity contribution in [2.45, 2.75) is 57.4 Å². The zero-order chi connectivity index (χ0) is 20.8. The number of carbonyl (C=O) groups is 1. The summed E-state index contributed by atoms with van der Waals surface area (Å²) >= 11 is 0. The number of methoxy groups -OCH3 is 1. The van der Waals surface area contributed by atoms with Crippen molar-refractivity contribution in [3.63, 3.8) is 0 Å². The second kappa shape index (κ2) is 9.92. The summed E-state index contributed by atoms with van der Waals surface area (Å²) in [5.74, 6) is 1.86. The van der Waals surface area contributed by atoms with Gasteiger partial charge >= 0.3 is 0 Å². The van der Waals surface area contributed by atoms with E-state index in [2.05, 4.69) is 20.4 Å². The lowest BCUT2D eigenvalue weighted by Gasteiger charge is -2.33. The summed E-state index contributed by atoms with van der Waals surface area (Å²) in [6.07, 6.45) is 9.25. The molecule has 1 aromatic heterocycles. The van der Waals surface area contributed by atoms with Gasteiger partial charge in [0, 0.05) is 24.7 Å². The lowest BCUT2D eigenvalue weighted by molar-refractivity contribution is -0.126. The molecule has 1 aliphatic heterocycles. The van der Waals surface area contributed by atoms with Crippen molar-refractivity contribution in [1.82, 2.24) is 15.5 Å². The molecule has 1 unspecified atom stereocenters. The molecule has 2 aromatic rings. The number of piperidine rings is 1. The molecule has 0 bridgehead atoms. The Hall–Kier alpha value is -2.63. The van der Waals surface area contributed by atoms with Crippen LogP contribution in [0.5, 0.6) is 5.75 Å². The zero-order valence-corrected chi connectivity index (χ0v) is 17.8. The number of carbonyl (C=O) groups excluding carboxylic acids is 1. The van der Waals surface area contributed by atoms with Gasteiger partial charge in [0.15, 0.2) is 5.82 Å². The Labute approximate surface area is 179 Å². The predicted molar refractivity (Wildman–Crippen MR) is 119 cm³/mol. The van der Waals surface area contributed by atoms with Gasteiger partial charge < -0.3 is 15.0 Å². The molecular formula is C24H32N4O2. The first kappa shape index (κ1) is 20.6. The van der Waals surface area contributed by atoms with Crippen molar-refractivity contribution in [1.29, 1.82) is 0 Å². The van der Waals surface area contributed by atoms with Crippen molar-refractivity contribution < 1.29 is 9.53 Å². The number of nitrogens with zero attached hydrogens (tertiary/aromatic N) is 3. The molecule has 1 saturated carbocycles. The van der Waals surface area contributed by atoms with Crippen molar-refractivity contribution in [2.24, 2.45) is 5.92 Å². The number of amides is 1. The first-order chi connectivity index (χ1) is 14.7. The summed E-state index contributed by atoms with van der Waals surface area (Å²) in [6.45, 7) is 1.62. The highest BCUT2D eigenvalue weighted by molar-refractivity contribution is 5.80. The summed E-state index contributed by atoms with van der Waals surface area (Å²) in [7, 11) is 1.66. The fourth-order valence-electron chi connectivity index (χ4n) is 4.64. The van der Waals surface area contributed by atoms with Gasteiger partial charge in [-0.1, -0.05) is 37.8 Å². The van der Waals surface area contributed by atoms with Crippen LogP contribution >= 0.6 is 0 Å². The van der Waals surface area contributed by atoms with Crippen LogP contribution in [-0.2, 0) is 4.79 Å². The van der Waals surface area contributed by atoms with E-state index in [1.807, 2.05) is 36.4 Å². The Morgan fingerprint density at radius 2 is 1.80 bits per heavy atom. The third kappa shape index (κ3) is 4.91. The minimum atomic E-state index is 0.0256. The van der Waals surface area contributed by atoms with Crippen LogP contribution in [0.2, 0.25) is 0 Å². The van der Waals surface area contributed by atoms with E-state index in [9.17, 15) is 4.79 Å². The smallest absolute Gasteiger partial charge is 0.225 e. The maximum Gasteiger partial charge on any atom is 0.225 e. The van der Waals surface area contributed by atoms with Gasteiger partial charge in [0.2, 0.25) is 5.91 Å². The lowest BCUT2D eigenvalue weighted by Crippen LogP contribution is -2.46. The number of hydrogen-bond donors (Lipinski definition) is 1. The topological polar surface area (TPSA) is 67.3 Å². The van der Waals surface area contributed by atoms with E-state index in [4.69, 9.17) is 4.74 Å². The zero-order valence-electron chi connectivity index (χ0n) is 17.8. The van der Waals surface area contributed by atoms with Gasteiger partial charge in [-0.05, 0) is 49.9 Å². The monoisotopic (exact) mass is 408 g/mol. The highest BCUT2D eigenvalue weighted by Gasteiger charge is 2.28. The first-order valence-corrected chi connectivity index (χ1v) is 11.3. The molecule has 4 rings (SSSR count). The molecule has 6 nitrogen and oxygen atoms in total. The summed E-state index contributed by atoms with van der Waals surface area (Å²) in [5, 5.41) is 12.2. The molecule has 0 spiro atoms. The van der Waals surface area contributed by atoms with Crippen LogP contribution in [0.3, 0.4) is 0 Å². The highest BCUT2D eigenvalue weighted by Crippen LogP contribution is 2.29. The van der Waals surface area contributed by atoms with Crippen LogP contribution in [0.1, 0.15) is 51.4 Å². The molecule has 1 atom stereocenters. The van der Waals surface area contributed by atoms with Crippen LogP contribution in [0.25, 0.3) is 11.3 Å². The van der Waals surface area contributed by atoms with Gasteiger partial charge in [-0.3, -0.25) is 4.79 Å². The van der Waals surface area contributed by atoms with E-state index in [1.165, 1.54) is 25.7 Å². The Balaban J connectivity index is 1.40. The van der Waals surface area contributed by atoms with Gasteiger partial charge in [0.1, 0.15) is 5.75 Å². The minimum Gasteiger partial charge on any atom is -0.496 e. The number of ether oxygens (including phenoxy) is 1. The normalized spacial score (nSPS) is 20.4. The molecule has 1 aliphatic carbocycles. The average Bonchev–Trinajstić information content (AvgIpc) is 3.08. The largest absolute Gasteiger partial charge is 0.496 e. The molecule has 1 amide bonds. The van der Waals surface area contributed by atoms with E-state index in [0.717, 1.165) is 55.1 Å². The van der Waals surface area contributed by atoms with Crippen LogP contribution in [0.15, 0.2) is 36.4 Å². The van der Waals surface area contributed by atoms with Crippen LogP contribution < -0.4 is 15.0 Å². The van der Waals surface area contributed by atoms with E-state index in [0.29, 0.717) is 12.6 Å². The van der Waals surface area contributed by atoms with Crippen molar-refractivity contribution >= 4 is 11.7 Å². The third-order valence-electron chi connectivity index (χ3n) is 6.35. The second-order valence-electron chi connectivity index (χ2n) is 8.46. The second-order valence-corrected chi connectivity index (χ2v) is 8.46. The number of para-hydroxylation sites is 1. The van der Waals surface area contributed by atoms with Crippen LogP contribution in [-0.4, -0.2) is 42.3 Å². The number of rotatable bonds is 5. The number of hydrogen-bond acceptors (Lipinski definition) is 5. The Morgan fingerprint density at radius 3 is 2.53 bits per heavy atom. The van der Waals surface area contributed by atoms with E-state index >= 15 is 0 Å². The highest BCUT2D eigenvalue weighted by atomic mass is 16.5. The molecular weight excluding hydrogens is 376 g/mol. The molecule has 2 heterocycles.